The minimum Gasteiger partial charge on any atom is -0.319 e. The van der Waals surface area contributed by atoms with Crippen molar-refractivity contribution in [2.45, 2.75) is 20.4 Å². The van der Waals surface area contributed by atoms with Gasteiger partial charge in [-0.15, -0.1) is 0 Å². The lowest BCUT2D eigenvalue weighted by molar-refractivity contribution is 0.540. The van der Waals surface area contributed by atoms with Gasteiger partial charge in [0.1, 0.15) is 29.1 Å². The number of hydrogen-bond donors (Lipinski definition) is 0. The van der Waals surface area contributed by atoms with Gasteiger partial charge in [0.2, 0.25) is 0 Å². The molecule has 6 heteroatoms. The first-order valence-electron chi connectivity index (χ1n) is 9.04. The summed E-state index contributed by atoms with van der Waals surface area (Å²) in [7, 11) is 0. The predicted molar refractivity (Wildman–Crippen MR) is 99.5 cm³/mol. The van der Waals surface area contributed by atoms with Crippen LogP contribution in [0.4, 0.5) is 17.6 Å². The van der Waals surface area contributed by atoms with E-state index in [0.29, 0.717) is 10.7 Å². The number of halogens is 4. The first kappa shape index (κ1) is 18.5. The molecule has 0 amide bonds. The van der Waals surface area contributed by atoms with Crippen molar-refractivity contribution in [3.63, 3.8) is 0 Å². The molecule has 144 valence electrons. The van der Waals surface area contributed by atoms with Crippen LogP contribution in [-0.2, 0) is 6.54 Å². The molecule has 0 fully saturated rings. The van der Waals surface area contributed by atoms with Crippen LogP contribution >= 0.6 is 0 Å². The molecule has 3 aromatic rings. The van der Waals surface area contributed by atoms with E-state index in [4.69, 9.17) is 0 Å². The van der Waals surface area contributed by atoms with Crippen molar-refractivity contribution < 1.29 is 17.6 Å². The number of hydrogen-bond acceptors (Lipinski definition) is 1. The lowest BCUT2D eigenvalue weighted by atomic mass is 9.92. The Morgan fingerprint density at radius 3 is 1.96 bits per heavy atom. The summed E-state index contributed by atoms with van der Waals surface area (Å²) in [5.41, 5.74) is -0.490. The number of fused-ring (bicyclic) bond motifs is 1. The Morgan fingerprint density at radius 2 is 1.36 bits per heavy atom. The normalized spacial score (nSPS) is 18.4. The van der Waals surface area contributed by atoms with Gasteiger partial charge in [0.25, 0.3) is 0 Å². The highest BCUT2D eigenvalue weighted by molar-refractivity contribution is 5.59. The Hall–Kier alpha value is -2.89. The second-order valence-electron chi connectivity index (χ2n) is 7.14. The summed E-state index contributed by atoms with van der Waals surface area (Å²) in [5, 5.41) is 1.16. The molecule has 0 radical (unpaired) electrons. The minimum atomic E-state index is -0.779. The molecule has 0 spiro atoms. The van der Waals surface area contributed by atoms with Crippen LogP contribution in [0.3, 0.4) is 0 Å². The number of imidazole rings is 1. The smallest absolute Gasteiger partial charge is 0.147 e. The van der Waals surface area contributed by atoms with Crippen LogP contribution in [0.2, 0.25) is 0 Å². The van der Waals surface area contributed by atoms with Crippen molar-refractivity contribution in [2.24, 2.45) is 11.8 Å². The topological polar surface area (TPSA) is 17.8 Å². The number of aromatic nitrogens is 2. The monoisotopic (exact) mass is 386 g/mol. The Balaban J connectivity index is 2.02. The zero-order chi connectivity index (χ0) is 20.0. The SMILES string of the molecule is CC1C=c2nc(-c3c(F)cccc3F)n(Cc3c(F)cccc3F)c2=CC1C. The zero-order valence-corrected chi connectivity index (χ0v) is 15.4. The molecule has 0 aliphatic heterocycles. The highest BCUT2D eigenvalue weighted by Crippen LogP contribution is 2.25. The van der Waals surface area contributed by atoms with Crippen molar-refractivity contribution in [1.82, 2.24) is 9.55 Å². The van der Waals surface area contributed by atoms with E-state index in [1.165, 1.54) is 16.7 Å². The molecule has 1 aliphatic carbocycles. The Bertz CT molecular complexity index is 1140. The third-order valence-corrected chi connectivity index (χ3v) is 5.27. The Kier molecular flexibility index (Phi) is 4.57. The average Bonchev–Trinajstić information content (AvgIpc) is 2.95. The highest BCUT2D eigenvalue weighted by Gasteiger charge is 2.23. The van der Waals surface area contributed by atoms with Gasteiger partial charge in [0.05, 0.1) is 22.8 Å². The molecule has 1 aromatic heterocycles. The molecule has 0 bridgehead atoms. The van der Waals surface area contributed by atoms with Gasteiger partial charge >= 0.3 is 0 Å². The van der Waals surface area contributed by atoms with Crippen molar-refractivity contribution in [3.8, 4) is 11.4 Å². The maximum Gasteiger partial charge on any atom is 0.147 e. The average molecular weight is 386 g/mol. The van der Waals surface area contributed by atoms with Gasteiger partial charge in [-0.05, 0) is 36.1 Å². The van der Waals surface area contributed by atoms with E-state index in [0.717, 1.165) is 24.3 Å². The summed E-state index contributed by atoms with van der Waals surface area (Å²) in [4.78, 5) is 4.43. The van der Waals surface area contributed by atoms with Crippen LogP contribution in [0.15, 0.2) is 36.4 Å². The van der Waals surface area contributed by atoms with E-state index < -0.39 is 23.3 Å². The molecule has 2 unspecified atom stereocenters. The molecule has 2 aromatic carbocycles. The fourth-order valence-electron chi connectivity index (χ4n) is 3.49. The Morgan fingerprint density at radius 1 is 0.821 bits per heavy atom. The van der Waals surface area contributed by atoms with Crippen LogP contribution < -0.4 is 10.7 Å². The van der Waals surface area contributed by atoms with E-state index in [9.17, 15) is 17.6 Å². The zero-order valence-electron chi connectivity index (χ0n) is 15.4. The lowest BCUT2D eigenvalue weighted by Crippen LogP contribution is -2.36. The van der Waals surface area contributed by atoms with Crippen LogP contribution in [-0.4, -0.2) is 9.55 Å². The number of benzene rings is 2. The molecule has 4 rings (SSSR count). The van der Waals surface area contributed by atoms with Crippen LogP contribution in [0.5, 0.6) is 0 Å². The first-order chi connectivity index (χ1) is 13.4. The van der Waals surface area contributed by atoms with Gasteiger partial charge in [0.15, 0.2) is 0 Å². The molecule has 1 heterocycles. The maximum absolute atomic E-state index is 14.5. The maximum atomic E-state index is 14.5. The van der Waals surface area contributed by atoms with E-state index >= 15 is 0 Å². The third kappa shape index (κ3) is 3.03. The van der Waals surface area contributed by atoms with Crippen LogP contribution in [0.25, 0.3) is 23.5 Å². The van der Waals surface area contributed by atoms with E-state index in [1.807, 2.05) is 26.0 Å². The summed E-state index contributed by atoms with van der Waals surface area (Å²) < 4.78 is 59.0. The molecule has 1 aliphatic rings. The van der Waals surface area contributed by atoms with E-state index in [-0.39, 0.29) is 35.3 Å². The molecular weight excluding hydrogens is 368 g/mol. The summed E-state index contributed by atoms with van der Waals surface area (Å²) in [6.07, 6.45) is 3.84. The third-order valence-electron chi connectivity index (χ3n) is 5.27. The quantitative estimate of drug-likeness (QED) is 0.622. The van der Waals surface area contributed by atoms with Gasteiger partial charge in [-0.2, -0.15) is 0 Å². The first-order valence-corrected chi connectivity index (χ1v) is 9.04. The fraction of sp³-hybridized carbons (Fsp3) is 0.227. The van der Waals surface area contributed by atoms with Gasteiger partial charge in [0, 0.05) is 5.56 Å². The largest absolute Gasteiger partial charge is 0.319 e. The molecule has 28 heavy (non-hydrogen) atoms. The summed E-state index contributed by atoms with van der Waals surface area (Å²) in [6, 6.07) is 7.13. The van der Waals surface area contributed by atoms with Gasteiger partial charge in [-0.3, -0.25) is 0 Å². The number of nitrogens with zero attached hydrogens (tertiary/aromatic N) is 2. The fourth-order valence-corrected chi connectivity index (χ4v) is 3.49. The van der Waals surface area contributed by atoms with Gasteiger partial charge in [-0.1, -0.05) is 38.1 Å². The van der Waals surface area contributed by atoms with Crippen molar-refractivity contribution in [3.05, 3.63) is 75.9 Å². The van der Waals surface area contributed by atoms with E-state index in [2.05, 4.69) is 4.98 Å². The highest BCUT2D eigenvalue weighted by atomic mass is 19.1. The number of rotatable bonds is 3. The van der Waals surface area contributed by atoms with Gasteiger partial charge in [-0.25, -0.2) is 22.5 Å². The van der Waals surface area contributed by atoms with Crippen molar-refractivity contribution >= 4 is 12.2 Å². The molecule has 0 N–H and O–H groups in total. The molecule has 2 nitrogen and oxygen atoms in total. The summed E-state index contributed by atoms with van der Waals surface area (Å²) >= 11 is 0. The minimum absolute atomic E-state index is 0.0112. The second kappa shape index (κ2) is 6.93. The van der Waals surface area contributed by atoms with E-state index in [1.54, 1.807) is 0 Å². The van der Waals surface area contributed by atoms with Crippen LogP contribution in [0.1, 0.15) is 19.4 Å². The molecule has 2 atom stereocenters. The summed E-state index contributed by atoms with van der Waals surface area (Å²) in [6.45, 7) is 3.80. The summed E-state index contributed by atoms with van der Waals surface area (Å²) in [5.74, 6) is -2.66. The molecule has 0 saturated carbocycles. The van der Waals surface area contributed by atoms with Crippen molar-refractivity contribution in [1.29, 1.82) is 0 Å². The second-order valence-corrected chi connectivity index (χ2v) is 7.14. The molecular formula is C22H18F4N2. The lowest BCUT2D eigenvalue weighted by Gasteiger charge is -2.16. The standard InChI is InChI=1S/C22H18F4N2/c1-12-9-19-20(10-13(12)2)28(11-14-15(23)5-3-6-16(14)24)22(27-19)21-17(25)7-4-8-18(21)26/h3-10,12-13H,11H2,1-2H3. The predicted octanol–water partition coefficient (Wildman–Crippen LogP) is 4.00. The Labute approximate surface area is 159 Å². The van der Waals surface area contributed by atoms with Crippen LogP contribution in [0, 0.1) is 35.1 Å². The van der Waals surface area contributed by atoms with Gasteiger partial charge < -0.3 is 4.57 Å². The van der Waals surface area contributed by atoms with Crippen molar-refractivity contribution in [2.75, 3.05) is 0 Å². The molecule has 0 saturated heterocycles.